The second-order valence-corrected chi connectivity index (χ2v) is 4.81. The number of hydrogen-bond acceptors (Lipinski definition) is 4. The molecule has 0 fully saturated rings. The van der Waals surface area contributed by atoms with Crippen LogP contribution in [0.25, 0.3) is 11.4 Å². The van der Waals surface area contributed by atoms with Crippen LogP contribution in [0.2, 0.25) is 0 Å². The summed E-state index contributed by atoms with van der Waals surface area (Å²) in [7, 11) is 5.45. The first-order valence-electron chi connectivity index (χ1n) is 6.36. The van der Waals surface area contributed by atoms with Gasteiger partial charge in [0.2, 0.25) is 5.82 Å². The lowest BCUT2D eigenvalue weighted by molar-refractivity contribution is 0.321. The van der Waals surface area contributed by atoms with E-state index in [0.717, 1.165) is 11.8 Å². The van der Waals surface area contributed by atoms with Crippen molar-refractivity contribution in [2.45, 2.75) is 13.0 Å². The second kappa shape index (κ2) is 5.96. The van der Waals surface area contributed by atoms with Crippen LogP contribution in [-0.2, 0) is 0 Å². The Bertz CT molecular complexity index is 584. The highest BCUT2D eigenvalue weighted by atomic mass is 19.1. The number of methoxy groups -OCH3 is 1. The Balaban J connectivity index is 2.30. The van der Waals surface area contributed by atoms with Gasteiger partial charge in [0.05, 0.1) is 13.3 Å². The topological polar surface area (TPSA) is 38.2 Å². The predicted octanol–water partition coefficient (Wildman–Crippen LogP) is 2.91. The fraction of sp³-hybridized carbons (Fsp3) is 0.333. The van der Waals surface area contributed by atoms with Crippen molar-refractivity contribution in [3.05, 3.63) is 41.8 Å². The summed E-state index contributed by atoms with van der Waals surface area (Å²) in [6.07, 6.45) is 1.12. The van der Waals surface area contributed by atoms with Crippen molar-refractivity contribution in [1.82, 2.24) is 14.9 Å². The summed E-state index contributed by atoms with van der Waals surface area (Å²) >= 11 is 0. The third-order valence-corrected chi connectivity index (χ3v) is 3.33. The molecule has 2 aromatic rings. The van der Waals surface area contributed by atoms with Crippen molar-refractivity contribution in [1.29, 1.82) is 0 Å². The highest BCUT2D eigenvalue weighted by Gasteiger charge is 2.11. The van der Waals surface area contributed by atoms with Gasteiger partial charge in [0.1, 0.15) is 0 Å². The van der Waals surface area contributed by atoms with E-state index in [9.17, 15) is 4.39 Å². The molecule has 1 heterocycles. The molecule has 0 N–H and O–H groups in total. The minimum Gasteiger partial charge on any atom is -0.479 e. The summed E-state index contributed by atoms with van der Waals surface area (Å²) in [6, 6.07) is 8.25. The lowest BCUT2D eigenvalue weighted by Crippen LogP contribution is -2.16. The molecule has 5 heteroatoms. The zero-order chi connectivity index (χ0) is 14.7. The summed E-state index contributed by atoms with van der Waals surface area (Å²) in [5, 5.41) is 0. The molecule has 106 valence electrons. The van der Waals surface area contributed by atoms with Crippen LogP contribution in [0.5, 0.6) is 5.88 Å². The van der Waals surface area contributed by atoms with Crippen molar-refractivity contribution < 1.29 is 9.13 Å². The molecule has 0 spiro atoms. The van der Waals surface area contributed by atoms with Gasteiger partial charge in [0.15, 0.2) is 5.82 Å². The highest BCUT2D eigenvalue weighted by Crippen LogP contribution is 2.23. The van der Waals surface area contributed by atoms with Crippen molar-refractivity contribution >= 4 is 0 Å². The molecule has 0 aliphatic heterocycles. The molecule has 0 bridgehead atoms. The molecule has 0 aliphatic carbocycles. The Morgan fingerprint density at radius 3 is 2.40 bits per heavy atom. The number of halogens is 1. The average Bonchev–Trinajstić information content (AvgIpc) is 2.47. The monoisotopic (exact) mass is 275 g/mol. The van der Waals surface area contributed by atoms with Gasteiger partial charge in [-0.05, 0) is 26.6 Å². The molecule has 20 heavy (non-hydrogen) atoms. The van der Waals surface area contributed by atoms with Crippen molar-refractivity contribution in [3.63, 3.8) is 0 Å². The van der Waals surface area contributed by atoms with E-state index in [4.69, 9.17) is 4.74 Å². The van der Waals surface area contributed by atoms with Gasteiger partial charge in [-0.25, -0.2) is 4.98 Å². The van der Waals surface area contributed by atoms with Crippen molar-refractivity contribution in [2.24, 2.45) is 0 Å². The van der Waals surface area contributed by atoms with Crippen LogP contribution < -0.4 is 4.74 Å². The van der Waals surface area contributed by atoms with Crippen LogP contribution in [0.4, 0.5) is 4.39 Å². The van der Waals surface area contributed by atoms with Crippen LogP contribution in [0, 0.1) is 5.82 Å². The van der Waals surface area contributed by atoms with Crippen molar-refractivity contribution in [2.75, 3.05) is 21.2 Å². The first-order valence-corrected chi connectivity index (χ1v) is 6.36. The third-order valence-electron chi connectivity index (χ3n) is 3.33. The fourth-order valence-corrected chi connectivity index (χ4v) is 1.84. The van der Waals surface area contributed by atoms with Crippen LogP contribution in [0.1, 0.15) is 18.5 Å². The molecule has 0 saturated heterocycles. The number of aromatic nitrogens is 2. The van der Waals surface area contributed by atoms with Gasteiger partial charge in [-0.2, -0.15) is 9.37 Å². The Hall–Kier alpha value is -2.01. The predicted molar refractivity (Wildman–Crippen MR) is 76.1 cm³/mol. The molecule has 0 aliphatic rings. The maximum absolute atomic E-state index is 13.3. The summed E-state index contributed by atoms with van der Waals surface area (Å²) in [5.41, 5.74) is 2.03. The molecule has 2 rings (SSSR count). The standard InChI is InChI=1S/C15H18FN3O/c1-10(19(2)3)11-5-7-12(8-6-11)14-17-9-13(16)15(18-14)20-4/h5-10H,1-4H3. The summed E-state index contributed by atoms with van der Waals surface area (Å²) in [6.45, 7) is 2.13. The van der Waals surface area contributed by atoms with Crippen LogP contribution in [0.15, 0.2) is 30.5 Å². The number of nitrogens with zero attached hydrogens (tertiary/aromatic N) is 3. The minimum absolute atomic E-state index is 0.0410. The van der Waals surface area contributed by atoms with E-state index < -0.39 is 5.82 Å². The molecule has 1 atom stereocenters. The van der Waals surface area contributed by atoms with Crippen LogP contribution in [0.3, 0.4) is 0 Å². The highest BCUT2D eigenvalue weighted by molar-refractivity contribution is 5.55. The summed E-state index contributed by atoms with van der Waals surface area (Å²) in [4.78, 5) is 10.2. The molecular formula is C15H18FN3O. The van der Waals surface area contributed by atoms with Gasteiger partial charge in [-0.15, -0.1) is 0 Å². The molecule has 4 nitrogen and oxygen atoms in total. The zero-order valence-corrected chi connectivity index (χ0v) is 12.1. The van der Waals surface area contributed by atoms with Gasteiger partial charge in [0.25, 0.3) is 5.88 Å². The molecule has 0 saturated carbocycles. The largest absolute Gasteiger partial charge is 0.479 e. The first kappa shape index (κ1) is 14.4. The van der Waals surface area contributed by atoms with E-state index in [0.29, 0.717) is 11.9 Å². The maximum Gasteiger partial charge on any atom is 0.253 e. The minimum atomic E-state index is -0.561. The third kappa shape index (κ3) is 2.93. The number of hydrogen-bond donors (Lipinski definition) is 0. The number of benzene rings is 1. The molecule has 0 amide bonds. The maximum atomic E-state index is 13.3. The Morgan fingerprint density at radius 2 is 1.85 bits per heavy atom. The Morgan fingerprint density at radius 1 is 1.20 bits per heavy atom. The molecule has 1 aromatic carbocycles. The lowest BCUT2D eigenvalue weighted by Gasteiger charge is -2.20. The SMILES string of the molecule is COc1nc(-c2ccc(C(C)N(C)C)cc2)ncc1F. The van der Waals surface area contributed by atoms with E-state index in [2.05, 4.69) is 21.8 Å². The van der Waals surface area contributed by atoms with Gasteiger partial charge < -0.3 is 9.64 Å². The van der Waals surface area contributed by atoms with E-state index in [1.54, 1.807) is 0 Å². The Kier molecular flexibility index (Phi) is 4.29. The summed E-state index contributed by atoms with van der Waals surface area (Å²) < 4.78 is 18.2. The molecule has 1 aromatic heterocycles. The number of ether oxygens (including phenoxy) is 1. The molecule has 0 radical (unpaired) electrons. The number of rotatable bonds is 4. The quantitative estimate of drug-likeness (QED) is 0.860. The molecular weight excluding hydrogens is 257 g/mol. The molecule has 1 unspecified atom stereocenters. The van der Waals surface area contributed by atoms with Crippen molar-refractivity contribution in [3.8, 4) is 17.3 Å². The van der Waals surface area contributed by atoms with Gasteiger partial charge in [-0.1, -0.05) is 24.3 Å². The lowest BCUT2D eigenvalue weighted by atomic mass is 10.1. The van der Waals surface area contributed by atoms with Crippen LogP contribution >= 0.6 is 0 Å². The van der Waals surface area contributed by atoms with Gasteiger partial charge in [0, 0.05) is 11.6 Å². The Labute approximate surface area is 118 Å². The fourth-order valence-electron chi connectivity index (χ4n) is 1.84. The second-order valence-electron chi connectivity index (χ2n) is 4.81. The smallest absolute Gasteiger partial charge is 0.253 e. The normalized spacial score (nSPS) is 12.5. The van der Waals surface area contributed by atoms with E-state index in [-0.39, 0.29) is 5.88 Å². The van der Waals surface area contributed by atoms with E-state index >= 15 is 0 Å². The van der Waals surface area contributed by atoms with E-state index in [1.165, 1.54) is 12.7 Å². The van der Waals surface area contributed by atoms with Gasteiger partial charge in [-0.3, -0.25) is 0 Å². The van der Waals surface area contributed by atoms with E-state index in [1.807, 2.05) is 38.4 Å². The first-order chi connectivity index (χ1) is 9.52. The van der Waals surface area contributed by atoms with Gasteiger partial charge >= 0.3 is 0 Å². The zero-order valence-electron chi connectivity index (χ0n) is 12.1. The average molecular weight is 275 g/mol. The summed E-state index contributed by atoms with van der Waals surface area (Å²) in [5.74, 6) is -0.151. The van der Waals surface area contributed by atoms with Crippen LogP contribution in [-0.4, -0.2) is 36.1 Å².